The molecule has 9 heteroatoms. The summed E-state index contributed by atoms with van der Waals surface area (Å²) in [5.74, 6) is 1.41. The van der Waals surface area contributed by atoms with Gasteiger partial charge in [0.25, 0.3) is 0 Å². The van der Waals surface area contributed by atoms with E-state index in [4.69, 9.17) is 10.5 Å². The molecule has 1 aromatic carbocycles. The van der Waals surface area contributed by atoms with Crippen molar-refractivity contribution < 1.29 is 4.74 Å². The summed E-state index contributed by atoms with van der Waals surface area (Å²) >= 11 is 4.63. The number of nitrogens with one attached hydrogen (secondary N) is 1. The maximum absolute atomic E-state index is 5.25. The lowest BCUT2D eigenvalue weighted by Gasteiger charge is -2.04. The largest absolute Gasteiger partial charge is 0.497 e. The van der Waals surface area contributed by atoms with Crippen LogP contribution in [-0.4, -0.2) is 38.6 Å². The van der Waals surface area contributed by atoms with Gasteiger partial charge in [-0.05, 0) is 46.9 Å². The second-order valence-corrected chi connectivity index (χ2v) is 4.14. The number of tetrazole rings is 1. The van der Waals surface area contributed by atoms with Gasteiger partial charge in [-0.2, -0.15) is 9.78 Å². The molecular weight excluding hydrogens is 278 g/mol. The number of nitrogens with two attached hydrogens (primary N) is 1. The van der Waals surface area contributed by atoms with Crippen molar-refractivity contribution in [3.05, 3.63) is 30.1 Å². The van der Waals surface area contributed by atoms with Gasteiger partial charge in [0.1, 0.15) is 5.75 Å². The van der Waals surface area contributed by atoms with Crippen molar-refractivity contribution in [2.24, 2.45) is 10.8 Å². The molecule has 0 bridgehead atoms. The molecule has 0 unspecified atom stereocenters. The van der Waals surface area contributed by atoms with Gasteiger partial charge in [-0.3, -0.25) is 5.43 Å². The molecule has 2 aromatic rings. The molecule has 0 aliphatic heterocycles. The summed E-state index contributed by atoms with van der Waals surface area (Å²) in [6, 6.07) is 7.40. The summed E-state index contributed by atoms with van der Waals surface area (Å²) in [6.07, 6.45) is 2.03. The maximum Gasteiger partial charge on any atom is 0.184 e. The summed E-state index contributed by atoms with van der Waals surface area (Å²) in [5, 5.41) is 15.5. The fourth-order valence-corrected chi connectivity index (χ4v) is 1.55. The van der Waals surface area contributed by atoms with Gasteiger partial charge in [-0.25, -0.2) is 0 Å². The molecule has 104 valence electrons. The third kappa shape index (κ3) is 3.48. The molecule has 0 spiro atoms. The van der Waals surface area contributed by atoms with Crippen molar-refractivity contribution in [1.82, 2.24) is 25.6 Å². The number of ether oxygens (including phenoxy) is 1. The Balaban J connectivity index is 2.11. The Labute approximate surface area is 120 Å². The van der Waals surface area contributed by atoms with Crippen molar-refractivity contribution in [1.29, 1.82) is 0 Å². The average Bonchev–Trinajstić information content (AvgIpc) is 2.92. The topological polar surface area (TPSA) is 103 Å². The highest BCUT2D eigenvalue weighted by atomic mass is 32.1. The third-order valence-electron chi connectivity index (χ3n) is 2.39. The van der Waals surface area contributed by atoms with Crippen LogP contribution in [0.3, 0.4) is 0 Å². The monoisotopic (exact) mass is 291 g/mol. The van der Waals surface area contributed by atoms with E-state index in [1.54, 1.807) is 18.0 Å². The predicted molar refractivity (Wildman–Crippen MR) is 77.8 cm³/mol. The molecule has 8 nitrogen and oxygen atoms in total. The van der Waals surface area contributed by atoms with Gasteiger partial charge in [-0.1, -0.05) is 0 Å². The lowest BCUT2D eigenvalue weighted by atomic mass is 10.3. The SMILES string of the molecule is COc1ccc(-n2nnnc2C/C=N\NC(N)=S)cc1. The fourth-order valence-electron chi connectivity index (χ4n) is 1.49. The first-order valence-corrected chi connectivity index (χ1v) is 6.10. The normalized spacial score (nSPS) is 10.7. The molecule has 0 radical (unpaired) electrons. The van der Waals surface area contributed by atoms with Gasteiger partial charge in [-0.15, -0.1) is 5.10 Å². The van der Waals surface area contributed by atoms with E-state index in [1.165, 1.54) is 0 Å². The molecule has 3 N–H and O–H groups in total. The molecule has 0 amide bonds. The summed E-state index contributed by atoms with van der Waals surface area (Å²) in [6.45, 7) is 0. The van der Waals surface area contributed by atoms with Crippen LogP contribution in [0.1, 0.15) is 5.82 Å². The van der Waals surface area contributed by atoms with E-state index in [-0.39, 0.29) is 5.11 Å². The lowest BCUT2D eigenvalue weighted by Crippen LogP contribution is -2.24. The maximum atomic E-state index is 5.25. The molecular formula is C11H13N7OS. The smallest absolute Gasteiger partial charge is 0.184 e. The summed E-state index contributed by atoms with van der Waals surface area (Å²) in [4.78, 5) is 0. The Morgan fingerprint density at radius 1 is 1.50 bits per heavy atom. The molecule has 2 rings (SSSR count). The molecule has 0 aliphatic rings. The van der Waals surface area contributed by atoms with Crippen molar-refractivity contribution in [2.45, 2.75) is 6.42 Å². The van der Waals surface area contributed by atoms with Crippen LogP contribution < -0.4 is 15.9 Å². The van der Waals surface area contributed by atoms with Crippen molar-refractivity contribution >= 4 is 23.5 Å². The van der Waals surface area contributed by atoms with E-state index in [2.05, 4.69) is 38.3 Å². The summed E-state index contributed by atoms with van der Waals surface area (Å²) < 4.78 is 6.72. The lowest BCUT2D eigenvalue weighted by molar-refractivity contribution is 0.414. The molecule has 0 aliphatic carbocycles. The number of rotatable bonds is 5. The minimum atomic E-state index is 0.107. The van der Waals surface area contributed by atoms with Crippen molar-refractivity contribution in [2.75, 3.05) is 7.11 Å². The first kappa shape index (κ1) is 13.9. The van der Waals surface area contributed by atoms with Gasteiger partial charge < -0.3 is 10.5 Å². The minimum Gasteiger partial charge on any atom is -0.497 e. The van der Waals surface area contributed by atoms with Crippen LogP contribution >= 0.6 is 12.2 Å². The number of hydrazone groups is 1. The summed E-state index contributed by atoms with van der Waals surface area (Å²) in [5.41, 5.74) is 8.55. The fraction of sp³-hybridized carbons (Fsp3) is 0.182. The minimum absolute atomic E-state index is 0.107. The number of hydrogen-bond acceptors (Lipinski definition) is 6. The van der Waals surface area contributed by atoms with Crippen LogP contribution in [0.5, 0.6) is 5.75 Å². The second kappa shape index (κ2) is 6.57. The van der Waals surface area contributed by atoms with Crippen LogP contribution in [0.15, 0.2) is 29.4 Å². The number of nitrogens with zero attached hydrogens (tertiary/aromatic N) is 5. The van der Waals surface area contributed by atoms with E-state index in [0.717, 1.165) is 11.4 Å². The number of benzene rings is 1. The van der Waals surface area contributed by atoms with Crippen molar-refractivity contribution in [3.63, 3.8) is 0 Å². The second-order valence-electron chi connectivity index (χ2n) is 3.70. The Bertz CT molecular complexity index is 607. The first-order valence-electron chi connectivity index (χ1n) is 5.69. The summed E-state index contributed by atoms with van der Waals surface area (Å²) in [7, 11) is 1.61. The predicted octanol–water partition coefficient (Wildman–Crippen LogP) is 0.0324. The van der Waals surface area contributed by atoms with E-state index < -0.39 is 0 Å². The molecule has 1 aromatic heterocycles. The zero-order valence-corrected chi connectivity index (χ0v) is 11.5. The molecule has 20 heavy (non-hydrogen) atoms. The van der Waals surface area contributed by atoms with Crippen molar-refractivity contribution in [3.8, 4) is 11.4 Å². The van der Waals surface area contributed by atoms with Crippen LogP contribution in [-0.2, 0) is 6.42 Å². The molecule has 0 fully saturated rings. The quantitative estimate of drug-likeness (QED) is 0.455. The average molecular weight is 291 g/mol. The Kier molecular flexibility index (Phi) is 4.56. The highest BCUT2D eigenvalue weighted by molar-refractivity contribution is 7.80. The Morgan fingerprint density at radius 2 is 2.25 bits per heavy atom. The Morgan fingerprint density at radius 3 is 2.90 bits per heavy atom. The van der Waals surface area contributed by atoms with E-state index in [1.807, 2.05) is 24.3 Å². The molecule has 1 heterocycles. The van der Waals surface area contributed by atoms with Gasteiger partial charge in [0.05, 0.1) is 12.8 Å². The zero-order valence-electron chi connectivity index (χ0n) is 10.7. The van der Waals surface area contributed by atoms with Crippen LogP contribution in [0.25, 0.3) is 5.69 Å². The van der Waals surface area contributed by atoms with Gasteiger partial charge in [0, 0.05) is 12.6 Å². The molecule has 0 atom stereocenters. The highest BCUT2D eigenvalue weighted by Crippen LogP contribution is 2.14. The van der Waals surface area contributed by atoms with E-state index in [9.17, 15) is 0 Å². The van der Waals surface area contributed by atoms with E-state index in [0.29, 0.717) is 12.2 Å². The van der Waals surface area contributed by atoms with Gasteiger partial charge >= 0.3 is 0 Å². The third-order valence-corrected chi connectivity index (χ3v) is 2.48. The highest BCUT2D eigenvalue weighted by Gasteiger charge is 2.07. The first-order chi connectivity index (χ1) is 9.70. The number of thiocarbonyl (C=S) groups is 1. The zero-order chi connectivity index (χ0) is 14.4. The van der Waals surface area contributed by atoms with Crippen LogP contribution in [0, 0.1) is 0 Å². The van der Waals surface area contributed by atoms with Crippen LogP contribution in [0.2, 0.25) is 0 Å². The molecule has 0 saturated heterocycles. The number of aromatic nitrogens is 4. The molecule has 0 saturated carbocycles. The van der Waals surface area contributed by atoms with Gasteiger partial charge in [0.15, 0.2) is 10.9 Å². The van der Waals surface area contributed by atoms with Gasteiger partial charge in [0.2, 0.25) is 0 Å². The standard InChI is InChI=1S/C11H13N7OS/c1-19-9-4-2-8(3-5-9)18-10(14-16-17-18)6-7-13-15-11(12)20/h2-5,7H,6H2,1H3,(H3,12,15,20)/b13-7-. The number of methoxy groups -OCH3 is 1. The van der Waals surface area contributed by atoms with E-state index >= 15 is 0 Å². The van der Waals surface area contributed by atoms with Crippen LogP contribution in [0.4, 0.5) is 0 Å². The number of hydrogen-bond donors (Lipinski definition) is 2. The Hall–Kier alpha value is -2.55.